The summed E-state index contributed by atoms with van der Waals surface area (Å²) in [5, 5.41) is 0. The number of ether oxygens (including phenoxy) is 2. The molecular formula is C16H16O2S. The van der Waals surface area contributed by atoms with E-state index in [-0.39, 0.29) is 0 Å². The second-order valence-corrected chi connectivity index (χ2v) is 5.57. The average molecular weight is 272 g/mol. The van der Waals surface area contributed by atoms with Crippen LogP contribution in [0, 0.1) is 6.92 Å². The zero-order valence-corrected chi connectivity index (χ0v) is 11.7. The molecule has 0 spiro atoms. The summed E-state index contributed by atoms with van der Waals surface area (Å²) in [6, 6.07) is 14.7. The Hall–Kier alpha value is -1.61. The number of fused-ring (bicyclic) bond motifs is 1. The minimum atomic E-state index is 0.638. The van der Waals surface area contributed by atoms with Crippen molar-refractivity contribution in [3.63, 3.8) is 0 Å². The van der Waals surface area contributed by atoms with Gasteiger partial charge in [-0.15, -0.1) is 11.8 Å². The van der Waals surface area contributed by atoms with Crippen molar-refractivity contribution in [3.8, 4) is 11.5 Å². The molecule has 0 unspecified atom stereocenters. The normalized spacial score (nSPS) is 13.3. The highest BCUT2D eigenvalue weighted by molar-refractivity contribution is 7.98. The lowest BCUT2D eigenvalue weighted by atomic mass is 10.1. The number of hydrogen-bond donors (Lipinski definition) is 0. The van der Waals surface area contributed by atoms with Gasteiger partial charge in [0, 0.05) is 10.6 Å². The van der Waals surface area contributed by atoms with E-state index in [9.17, 15) is 0 Å². The van der Waals surface area contributed by atoms with Gasteiger partial charge in [-0.1, -0.05) is 24.3 Å². The molecule has 3 heteroatoms. The number of aryl methyl sites for hydroxylation is 1. The number of rotatable bonds is 3. The zero-order chi connectivity index (χ0) is 13.1. The van der Waals surface area contributed by atoms with Crippen molar-refractivity contribution in [1.82, 2.24) is 0 Å². The summed E-state index contributed by atoms with van der Waals surface area (Å²) in [4.78, 5) is 1.22. The maximum absolute atomic E-state index is 5.60. The monoisotopic (exact) mass is 272 g/mol. The van der Waals surface area contributed by atoms with Crippen LogP contribution in [-0.4, -0.2) is 13.2 Å². The molecule has 0 aromatic heterocycles. The molecule has 98 valence electrons. The third kappa shape index (κ3) is 2.87. The fraction of sp³-hybridized carbons (Fsp3) is 0.250. The van der Waals surface area contributed by atoms with Gasteiger partial charge < -0.3 is 9.47 Å². The molecule has 0 radical (unpaired) electrons. The third-order valence-corrected chi connectivity index (χ3v) is 4.21. The van der Waals surface area contributed by atoms with Gasteiger partial charge >= 0.3 is 0 Å². The van der Waals surface area contributed by atoms with E-state index in [0.29, 0.717) is 13.2 Å². The zero-order valence-electron chi connectivity index (χ0n) is 10.9. The Morgan fingerprint density at radius 2 is 1.79 bits per heavy atom. The first-order chi connectivity index (χ1) is 9.33. The van der Waals surface area contributed by atoms with E-state index in [4.69, 9.17) is 9.47 Å². The van der Waals surface area contributed by atoms with E-state index in [1.54, 1.807) is 0 Å². The molecule has 1 aliphatic heterocycles. The molecule has 0 bridgehead atoms. The molecule has 0 saturated carbocycles. The van der Waals surface area contributed by atoms with Crippen molar-refractivity contribution in [2.45, 2.75) is 17.6 Å². The van der Waals surface area contributed by atoms with Crippen molar-refractivity contribution < 1.29 is 9.47 Å². The molecule has 0 amide bonds. The summed E-state index contributed by atoms with van der Waals surface area (Å²) in [5.74, 6) is 2.69. The minimum absolute atomic E-state index is 0.638. The van der Waals surface area contributed by atoms with E-state index < -0.39 is 0 Å². The van der Waals surface area contributed by atoms with Gasteiger partial charge in [0.15, 0.2) is 11.5 Å². The molecule has 19 heavy (non-hydrogen) atoms. The topological polar surface area (TPSA) is 18.5 Å². The van der Waals surface area contributed by atoms with Crippen LogP contribution < -0.4 is 9.47 Å². The second-order valence-electron chi connectivity index (χ2n) is 4.52. The SMILES string of the molecule is Cc1ccccc1CSc1ccc2c(c1)OCCO2. The summed E-state index contributed by atoms with van der Waals surface area (Å²) in [6.07, 6.45) is 0. The molecular weight excluding hydrogens is 256 g/mol. The standard InChI is InChI=1S/C16H16O2S/c1-12-4-2-3-5-13(12)11-19-14-6-7-15-16(10-14)18-9-8-17-15/h2-7,10H,8-9,11H2,1H3. The molecule has 0 atom stereocenters. The predicted octanol–water partition coefficient (Wildman–Crippen LogP) is 4.06. The van der Waals surface area contributed by atoms with Crippen LogP contribution in [0.25, 0.3) is 0 Å². The van der Waals surface area contributed by atoms with Crippen LogP contribution in [0.1, 0.15) is 11.1 Å². The molecule has 1 heterocycles. The van der Waals surface area contributed by atoms with Gasteiger partial charge in [-0.2, -0.15) is 0 Å². The lowest BCUT2D eigenvalue weighted by Gasteiger charge is -2.18. The second kappa shape index (κ2) is 5.57. The first kappa shape index (κ1) is 12.4. The third-order valence-electron chi connectivity index (χ3n) is 3.17. The number of thioether (sulfide) groups is 1. The summed E-state index contributed by atoms with van der Waals surface area (Å²) < 4.78 is 11.1. The highest BCUT2D eigenvalue weighted by Crippen LogP contribution is 2.35. The van der Waals surface area contributed by atoms with Crippen LogP contribution in [0.5, 0.6) is 11.5 Å². The fourth-order valence-electron chi connectivity index (χ4n) is 2.05. The fourth-order valence-corrected chi connectivity index (χ4v) is 3.05. The molecule has 0 fully saturated rings. The van der Waals surface area contributed by atoms with Crippen molar-refractivity contribution >= 4 is 11.8 Å². The van der Waals surface area contributed by atoms with Crippen LogP contribution in [0.3, 0.4) is 0 Å². The molecule has 2 aromatic rings. The number of hydrogen-bond acceptors (Lipinski definition) is 3. The Labute approximate surface area is 117 Å². The molecule has 2 aromatic carbocycles. The summed E-state index contributed by atoms with van der Waals surface area (Å²) in [5.41, 5.74) is 2.72. The summed E-state index contributed by atoms with van der Waals surface area (Å²) in [7, 11) is 0. The Balaban J connectivity index is 1.72. The van der Waals surface area contributed by atoms with Crippen molar-refractivity contribution in [3.05, 3.63) is 53.6 Å². The molecule has 3 rings (SSSR count). The van der Waals surface area contributed by atoms with E-state index >= 15 is 0 Å². The van der Waals surface area contributed by atoms with Crippen LogP contribution in [0.4, 0.5) is 0 Å². The Morgan fingerprint density at radius 1 is 1.00 bits per heavy atom. The van der Waals surface area contributed by atoms with Crippen LogP contribution in [-0.2, 0) is 5.75 Å². The van der Waals surface area contributed by atoms with Gasteiger partial charge in [-0.25, -0.2) is 0 Å². The highest BCUT2D eigenvalue weighted by Gasteiger charge is 2.11. The number of benzene rings is 2. The lowest BCUT2D eigenvalue weighted by molar-refractivity contribution is 0.171. The van der Waals surface area contributed by atoms with E-state index in [0.717, 1.165) is 17.3 Å². The molecule has 0 saturated heterocycles. The van der Waals surface area contributed by atoms with E-state index in [1.807, 2.05) is 17.8 Å². The van der Waals surface area contributed by atoms with Crippen molar-refractivity contribution in [1.29, 1.82) is 0 Å². The summed E-state index contributed by atoms with van der Waals surface area (Å²) in [6.45, 7) is 3.43. The molecule has 0 N–H and O–H groups in total. The van der Waals surface area contributed by atoms with Crippen LogP contribution in [0.15, 0.2) is 47.4 Å². The van der Waals surface area contributed by atoms with Crippen molar-refractivity contribution in [2.24, 2.45) is 0 Å². The Morgan fingerprint density at radius 3 is 2.63 bits per heavy atom. The Bertz CT molecular complexity index is 581. The van der Waals surface area contributed by atoms with Gasteiger partial charge in [0.05, 0.1) is 0 Å². The molecule has 1 aliphatic rings. The van der Waals surface area contributed by atoms with Crippen LogP contribution >= 0.6 is 11.8 Å². The first-order valence-corrected chi connectivity index (χ1v) is 7.38. The lowest BCUT2D eigenvalue weighted by Crippen LogP contribution is -2.15. The molecule has 0 aliphatic carbocycles. The van der Waals surface area contributed by atoms with E-state index in [1.165, 1.54) is 16.0 Å². The average Bonchev–Trinajstić information content (AvgIpc) is 2.46. The molecule has 2 nitrogen and oxygen atoms in total. The predicted molar refractivity (Wildman–Crippen MR) is 78.2 cm³/mol. The van der Waals surface area contributed by atoms with Gasteiger partial charge in [-0.3, -0.25) is 0 Å². The smallest absolute Gasteiger partial charge is 0.162 e. The van der Waals surface area contributed by atoms with Gasteiger partial charge in [0.25, 0.3) is 0 Å². The largest absolute Gasteiger partial charge is 0.486 e. The van der Waals surface area contributed by atoms with Crippen molar-refractivity contribution in [2.75, 3.05) is 13.2 Å². The van der Waals surface area contributed by atoms with Gasteiger partial charge in [-0.05, 0) is 36.2 Å². The summed E-state index contributed by atoms with van der Waals surface area (Å²) >= 11 is 1.82. The maximum atomic E-state index is 5.60. The van der Waals surface area contributed by atoms with E-state index in [2.05, 4.69) is 43.3 Å². The first-order valence-electron chi connectivity index (χ1n) is 6.40. The van der Waals surface area contributed by atoms with Gasteiger partial charge in [0.1, 0.15) is 13.2 Å². The van der Waals surface area contributed by atoms with Gasteiger partial charge in [0.2, 0.25) is 0 Å². The maximum Gasteiger partial charge on any atom is 0.162 e. The highest BCUT2D eigenvalue weighted by atomic mass is 32.2. The minimum Gasteiger partial charge on any atom is -0.486 e. The Kier molecular flexibility index (Phi) is 3.65. The van der Waals surface area contributed by atoms with Crippen LogP contribution in [0.2, 0.25) is 0 Å². The quantitative estimate of drug-likeness (QED) is 0.785.